The Labute approximate surface area is 139 Å². The van der Waals surface area contributed by atoms with Crippen LogP contribution in [0.5, 0.6) is 0 Å². The number of nitrogens with zero attached hydrogens (tertiary/aromatic N) is 3. The van der Waals surface area contributed by atoms with Crippen LogP contribution >= 0.6 is 0 Å². The van der Waals surface area contributed by atoms with Gasteiger partial charge in [0.15, 0.2) is 0 Å². The molecule has 1 unspecified atom stereocenters. The number of aryl methyl sites for hydroxylation is 2. The first-order valence-corrected chi connectivity index (χ1v) is 8.30. The van der Waals surface area contributed by atoms with Crippen LogP contribution in [0.15, 0.2) is 28.8 Å². The lowest BCUT2D eigenvalue weighted by molar-refractivity contribution is 0.0702. The van der Waals surface area contributed by atoms with Crippen LogP contribution in [0.4, 0.5) is 0 Å². The van der Waals surface area contributed by atoms with Gasteiger partial charge in [0.2, 0.25) is 0 Å². The Bertz CT molecular complexity index is 843. The van der Waals surface area contributed by atoms with Crippen molar-refractivity contribution in [2.75, 3.05) is 13.1 Å². The van der Waals surface area contributed by atoms with Crippen molar-refractivity contribution >= 4 is 16.9 Å². The molecule has 1 amide bonds. The van der Waals surface area contributed by atoms with Crippen molar-refractivity contribution in [2.24, 2.45) is 0 Å². The van der Waals surface area contributed by atoms with Crippen molar-refractivity contribution < 1.29 is 9.32 Å². The first-order valence-electron chi connectivity index (χ1n) is 8.30. The van der Waals surface area contributed by atoms with Gasteiger partial charge in [-0.05, 0) is 38.8 Å². The largest absolute Gasteiger partial charge is 0.361 e. The van der Waals surface area contributed by atoms with Crippen LogP contribution in [0.1, 0.15) is 46.4 Å². The molecule has 1 atom stereocenters. The number of hydrogen-bond donors (Lipinski definition) is 1. The Kier molecular flexibility index (Phi) is 3.59. The fraction of sp³-hybridized carbons (Fsp3) is 0.389. The number of carbonyl (C=O) groups excluding carboxylic acids is 1. The summed E-state index contributed by atoms with van der Waals surface area (Å²) in [5.41, 5.74) is 3.27. The molecule has 0 spiro atoms. The number of benzene rings is 1. The Morgan fingerprint density at radius 2 is 2.17 bits per heavy atom. The van der Waals surface area contributed by atoms with Gasteiger partial charge in [-0.15, -0.1) is 0 Å². The van der Waals surface area contributed by atoms with Crippen molar-refractivity contribution in [3.8, 4) is 0 Å². The van der Waals surface area contributed by atoms with Crippen molar-refractivity contribution in [2.45, 2.75) is 32.6 Å². The van der Waals surface area contributed by atoms with E-state index in [0.717, 1.165) is 36.2 Å². The maximum absolute atomic E-state index is 12.8. The van der Waals surface area contributed by atoms with Crippen molar-refractivity contribution in [3.05, 3.63) is 47.1 Å². The quantitative estimate of drug-likeness (QED) is 0.785. The summed E-state index contributed by atoms with van der Waals surface area (Å²) in [5, 5.41) is 3.90. The van der Waals surface area contributed by atoms with Crippen LogP contribution in [-0.2, 0) is 0 Å². The minimum absolute atomic E-state index is 0.00654. The maximum atomic E-state index is 12.8. The van der Waals surface area contributed by atoms with E-state index in [9.17, 15) is 4.79 Å². The average molecular weight is 324 g/mol. The molecule has 6 nitrogen and oxygen atoms in total. The molecule has 0 bridgehead atoms. The molecule has 1 aliphatic rings. The molecule has 4 rings (SSSR count). The third kappa shape index (κ3) is 2.48. The number of carbonyl (C=O) groups is 1. The SMILES string of the molecule is Cc1noc(C)c1C(=O)N1CCCC(c2nc3ccccc3[nH]2)C1. The zero-order chi connectivity index (χ0) is 16.7. The number of para-hydroxylation sites is 2. The van der Waals surface area contributed by atoms with E-state index in [1.165, 1.54) is 0 Å². The van der Waals surface area contributed by atoms with E-state index >= 15 is 0 Å². The smallest absolute Gasteiger partial charge is 0.259 e. The van der Waals surface area contributed by atoms with E-state index < -0.39 is 0 Å². The normalized spacial score (nSPS) is 18.2. The molecular weight excluding hydrogens is 304 g/mol. The van der Waals surface area contributed by atoms with Crippen LogP contribution in [-0.4, -0.2) is 39.0 Å². The first kappa shape index (κ1) is 14.9. The summed E-state index contributed by atoms with van der Waals surface area (Å²) < 4.78 is 5.14. The number of nitrogens with one attached hydrogen (secondary N) is 1. The summed E-state index contributed by atoms with van der Waals surface area (Å²) in [6.07, 6.45) is 2.00. The maximum Gasteiger partial charge on any atom is 0.259 e. The summed E-state index contributed by atoms with van der Waals surface area (Å²) in [7, 11) is 0. The topological polar surface area (TPSA) is 75.0 Å². The zero-order valence-electron chi connectivity index (χ0n) is 13.9. The molecule has 0 aliphatic carbocycles. The van der Waals surface area contributed by atoms with Gasteiger partial charge < -0.3 is 14.4 Å². The molecule has 124 valence electrons. The molecule has 6 heteroatoms. The minimum Gasteiger partial charge on any atom is -0.361 e. The number of aromatic amines is 1. The van der Waals surface area contributed by atoms with Crippen LogP contribution in [0.3, 0.4) is 0 Å². The number of H-pyrrole nitrogens is 1. The van der Waals surface area contributed by atoms with Crippen LogP contribution in [0, 0.1) is 13.8 Å². The summed E-state index contributed by atoms with van der Waals surface area (Å²) in [4.78, 5) is 22.8. The van der Waals surface area contributed by atoms with Crippen molar-refractivity contribution in [1.29, 1.82) is 0 Å². The summed E-state index contributed by atoms with van der Waals surface area (Å²) in [6, 6.07) is 8.02. The molecule has 1 fully saturated rings. The Morgan fingerprint density at radius 3 is 2.92 bits per heavy atom. The van der Waals surface area contributed by atoms with Gasteiger partial charge in [-0.25, -0.2) is 4.98 Å². The van der Waals surface area contributed by atoms with E-state index in [2.05, 4.69) is 10.1 Å². The van der Waals surface area contributed by atoms with Crippen molar-refractivity contribution in [3.63, 3.8) is 0 Å². The Morgan fingerprint density at radius 1 is 1.33 bits per heavy atom. The van der Waals surface area contributed by atoms with Gasteiger partial charge in [0.25, 0.3) is 5.91 Å². The molecule has 2 aromatic heterocycles. The number of imidazole rings is 1. The fourth-order valence-corrected chi connectivity index (χ4v) is 3.50. The van der Waals surface area contributed by atoms with E-state index in [-0.39, 0.29) is 11.8 Å². The summed E-state index contributed by atoms with van der Waals surface area (Å²) in [5.74, 6) is 1.79. The number of aromatic nitrogens is 3. The standard InChI is InChI=1S/C18H20N4O2/c1-11-16(12(2)24-21-11)18(23)22-9-5-6-13(10-22)17-19-14-7-3-4-8-15(14)20-17/h3-4,7-8,13H,5-6,9-10H2,1-2H3,(H,19,20). The van der Waals surface area contributed by atoms with Gasteiger partial charge in [0, 0.05) is 19.0 Å². The Hall–Kier alpha value is -2.63. The lowest BCUT2D eigenvalue weighted by atomic mass is 9.96. The number of piperidine rings is 1. The molecule has 1 aliphatic heterocycles. The van der Waals surface area contributed by atoms with Gasteiger partial charge in [0.1, 0.15) is 17.1 Å². The third-order valence-electron chi connectivity index (χ3n) is 4.75. The second-order valence-corrected chi connectivity index (χ2v) is 6.43. The molecule has 1 saturated heterocycles. The van der Waals surface area contributed by atoms with E-state index in [1.807, 2.05) is 36.1 Å². The third-order valence-corrected chi connectivity index (χ3v) is 4.75. The highest BCUT2D eigenvalue weighted by Crippen LogP contribution is 2.28. The van der Waals surface area contributed by atoms with Gasteiger partial charge in [-0.1, -0.05) is 17.3 Å². The highest BCUT2D eigenvalue weighted by atomic mass is 16.5. The molecular formula is C18H20N4O2. The Balaban J connectivity index is 1.58. The summed E-state index contributed by atoms with van der Waals surface area (Å²) in [6.45, 7) is 5.03. The van der Waals surface area contributed by atoms with Gasteiger partial charge >= 0.3 is 0 Å². The monoisotopic (exact) mass is 324 g/mol. The molecule has 24 heavy (non-hydrogen) atoms. The lowest BCUT2D eigenvalue weighted by Gasteiger charge is -2.31. The number of fused-ring (bicyclic) bond motifs is 1. The minimum atomic E-state index is 0.00654. The van der Waals surface area contributed by atoms with Gasteiger partial charge in [0.05, 0.1) is 16.7 Å². The van der Waals surface area contributed by atoms with Crippen LogP contribution < -0.4 is 0 Å². The molecule has 0 radical (unpaired) electrons. The molecule has 3 heterocycles. The summed E-state index contributed by atoms with van der Waals surface area (Å²) >= 11 is 0. The second kappa shape index (κ2) is 5.78. The van der Waals surface area contributed by atoms with Gasteiger partial charge in [-0.3, -0.25) is 4.79 Å². The highest BCUT2D eigenvalue weighted by Gasteiger charge is 2.30. The number of amides is 1. The first-order chi connectivity index (χ1) is 11.6. The fourth-order valence-electron chi connectivity index (χ4n) is 3.50. The average Bonchev–Trinajstić information content (AvgIpc) is 3.18. The number of rotatable bonds is 2. The molecule has 3 aromatic rings. The van der Waals surface area contributed by atoms with Crippen LogP contribution in [0.2, 0.25) is 0 Å². The van der Waals surface area contributed by atoms with E-state index in [1.54, 1.807) is 6.92 Å². The van der Waals surface area contributed by atoms with E-state index in [0.29, 0.717) is 23.6 Å². The van der Waals surface area contributed by atoms with Crippen molar-refractivity contribution in [1.82, 2.24) is 20.0 Å². The second-order valence-electron chi connectivity index (χ2n) is 6.43. The zero-order valence-corrected chi connectivity index (χ0v) is 13.9. The molecule has 1 aromatic carbocycles. The predicted molar refractivity (Wildman–Crippen MR) is 89.9 cm³/mol. The lowest BCUT2D eigenvalue weighted by Crippen LogP contribution is -2.39. The van der Waals surface area contributed by atoms with E-state index in [4.69, 9.17) is 9.51 Å². The molecule has 1 N–H and O–H groups in total. The molecule has 0 saturated carbocycles. The predicted octanol–water partition coefficient (Wildman–Crippen LogP) is 3.19. The number of likely N-dealkylation sites (tertiary alicyclic amines) is 1. The number of hydrogen-bond acceptors (Lipinski definition) is 4. The highest BCUT2D eigenvalue weighted by molar-refractivity contribution is 5.96. The van der Waals surface area contributed by atoms with Gasteiger partial charge in [-0.2, -0.15) is 0 Å². The van der Waals surface area contributed by atoms with Crippen LogP contribution in [0.25, 0.3) is 11.0 Å².